The third kappa shape index (κ3) is 3.02. The van der Waals surface area contributed by atoms with Crippen LogP contribution in [0.25, 0.3) is 22.7 Å². The summed E-state index contributed by atoms with van der Waals surface area (Å²) < 4.78 is 0. The molecule has 1 aromatic heterocycles. The summed E-state index contributed by atoms with van der Waals surface area (Å²) in [5.41, 5.74) is 3.33. The number of fused-ring (bicyclic) bond motifs is 1. The van der Waals surface area contributed by atoms with Crippen molar-refractivity contribution in [1.29, 1.82) is 5.26 Å². The van der Waals surface area contributed by atoms with E-state index in [0.29, 0.717) is 16.4 Å². The zero-order valence-corrected chi connectivity index (χ0v) is 13.6. The van der Waals surface area contributed by atoms with Gasteiger partial charge in [0.25, 0.3) is 0 Å². The second-order valence-corrected chi connectivity index (χ2v) is 5.94. The van der Waals surface area contributed by atoms with Gasteiger partial charge in [0.15, 0.2) is 0 Å². The van der Waals surface area contributed by atoms with Crippen LogP contribution in [0.5, 0.6) is 5.75 Å². The summed E-state index contributed by atoms with van der Waals surface area (Å²) in [4.78, 5) is 7.51. The first-order valence-electron chi connectivity index (χ1n) is 6.74. The van der Waals surface area contributed by atoms with Crippen LogP contribution in [0.1, 0.15) is 17.0 Å². The average molecular weight is 344 g/mol. The molecular weight excluding hydrogens is 333 g/mol. The number of nitriles is 1. The zero-order valence-electron chi connectivity index (χ0n) is 12.1. The van der Waals surface area contributed by atoms with Crippen molar-refractivity contribution in [2.75, 3.05) is 0 Å². The molecule has 0 aliphatic carbocycles. The van der Waals surface area contributed by atoms with Gasteiger partial charge in [0.2, 0.25) is 0 Å². The third-order valence-electron chi connectivity index (χ3n) is 3.37. The number of aromatic nitrogens is 2. The van der Waals surface area contributed by atoms with Gasteiger partial charge < -0.3 is 10.1 Å². The quantitative estimate of drug-likeness (QED) is 0.646. The molecule has 0 fully saturated rings. The van der Waals surface area contributed by atoms with Crippen LogP contribution >= 0.6 is 23.2 Å². The minimum Gasteiger partial charge on any atom is -0.506 e. The van der Waals surface area contributed by atoms with E-state index in [2.05, 4.69) is 16.0 Å². The first-order chi connectivity index (χ1) is 11.0. The van der Waals surface area contributed by atoms with Crippen LogP contribution in [-0.4, -0.2) is 15.1 Å². The van der Waals surface area contributed by atoms with Crippen molar-refractivity contribution in [2.24, 2.45) is 0 Å². The second-order valence-electron chi connectivity index (χ2n) is 5.10. The van der Waals surface area contributed by atoms with E-state index in [-0.39, 0.29) is 16.3 Å². The normalized spacial score (nSPS) is 11.7. The summed E-state index contributed by atoms with van der Waals surface area (Å²) in [6, 6.07) is 10.8. The molecule has 0 aliphatic heterocycles. The second kappa shape index (κ2) is 5.96. The fraction of sp³-hybridized carbons (Fsp3) is 0.0588. The van der Waals surface area contributed by atoms with Crippen LogP contribution in [-0.2, 0) is 0 Å². The maximum absolute atomic E-state index is 10.0. The summed E-state index contributed by atoms with van der Waals surface area (Å²) in [5.74, 6) is 0.291. The molecule has 3 rings (SSSR count). The van der Waals surface area contributed by atoms with Gasteiger partial charge in [0, 0.05) is 10.6 Å². The minimum absolute atomic E-state index is 0.126. The van der Waals surface area contributed by atoms with Crippen molar-refractivity contribution in [3.8, 4) is 11.8 Å². The van der Waals surface area contributed by atoms with Gasteiger partial charge in [-0.25, -0.2) is 4.98 Å². The van der Waals surface area contributed by atoms with E-state index in [1.165, 1.54) is 18.2 Å². The van der Waals surface area contributed by atoms with Gasteiger partial charge in [-0.1, -0.05) is 29.3 Å². The van der Waals surface area contributed by atoms with Crippen molar-refractivity contribution in [2.45, 2.75) is 6.92 Å². The Morgan fingerprint density at radius 1 is 1.30 bits per heavy atom. The van der Waals surface area contributed by atoms with E-state index >= 15 is 0 Å². The molecule has 4 nitrogen and oxygen atoms in total. The number of halogens is 2. The number of rotatable bonds is 2. The highest BCUT2D eigenvalue weighted by atomic mass is 35.5. The standard InChI is InChI=1S/C17H11Cl2N3O/c1-9-2-3-14-15(4-9)22-17(21-14)11(8-20)5-10-6-12(18)7-13(19)16(10)23/h2-7,23H,1H3,(H,21,22)/b11-5+. The number of nitrogens with one attached hydrogen (secondary N) is 1. The molecular formula is C17H11Cl2N3O. The van der Waals surface area contributed by atoms with Crippen LogP contribution in [0.3, 0.4) is 0 Å². The fourth-order valence-corrected chi connectivity index (χ4v) is 2.77. The van der Waals surface area contributed by atoms with Crippen molar-refractivity contribution in [3.63, 3.8) is 0 Å². The zero-order chi connectivity index (χ0) is 16.6. The van der Waals surface area contributed by atoms with Gasteiger partial charge in [-0.05, 0) is 42.8 Å². The summed E-state index contributed by atoms with van der Waals surface area (Å²) in [6.07, 6.45) is 1.50. The lowest BCUT2D eigenvalue weighted by molar-refractivity contribution is 0.474. The number of benzene rings is 2. The van der Waals surface area contributed by atoms with Gasteiger partial charge in [-0.2, -0.15) is 5.26 Å². The van der Waals surface area contributed by atoms with Gasteiger partial charge >= 0.3 is 0 Å². The number of aryl methyl sites for hydroxylation is 1. The molecule has 114 valence electrons. The molecule has 0 radical (unpaired) electrons. The van der Waals surface area contributed by atoms with E-state index in [0.717, 1.165) is 16.6 Å². The number of H-pyrrole nitrogens is 1. The number of phenols is 1. The van der Waals surface area contributed by atoms with E-state index in [1.807, 2.05) is 25.1 Å². The fourth-order valence-electron chi connectivity index (χ4n) is 2.26. The molecule has 0 unspecified atom stereocenters. The van der Waals surface area contributed by atoms with Crippen molar-refractivity contribution < 1.29 is 5.11 Å². The lowest BCUT2D eigenvalue weighted by Gasteiger charge is -2.03. The number of nitrogens with zero attached hydrogens (tertiary/aromatic N) is 2. The number of hydrogen-bond acceptors (Lipinski definition) is 3. The molecule has 0 aliphatic rings. The molecule has 1 heterocycles. The minimum atomic E-state index is -0.129. The number of aromatic amines is 1. The first-order valence-corrected chi connectivity index (χ1v) is 7.50. The predicted molar refractivity (Wildman–Crippen MR) is 92.4 cm³/mol. The highest BCUT2D eigenvalue weighted by molar-refractivity contribution is 6.35. The smallest absolute Gasteiger partial charge is 0.149 e. The SMILES string of the molecule is Cc1ccc2nc(/C(C#N)=C/c3cc(Cl)cc(Cl)c3O)[nH]c2c1. The summed E-state index contributed by atoms with van der Waals surface area (Å²) in [7, 11) is 0. The maximum atomic E-state index is 10.0. The highest BCUT2D eigenvalue weighted by Crippen LogP contribution is 2.33. The molecule has 0 saturated carbocycles. The summed E-state index contributed by atoms with van der Waals surface area (Å²) >= 11 is 11.8. The molecule has 0 bridgehead atoms. The van der Waals surface area contributed by atoms with Crippen LogP contribution in [0.4, 0.5) is 0 Å². The largest absolute Gasteiger partial charge is 0.506 e. The molecule has 3 aromatic rings. The predicted octanol–water partition coefficient (Wildman–Crippen LogP) is 4.95. The molecule has 2 aromatic carbocycles. The van der Waals surface area contributed by atoms with Gasteiger partial charge in [-0.3, -0.25) is 0 Å². The lowest BCUT2D eigenvalue weighted by atomic mass is 10.1. The van der Waals surface area contributed by atoms with Crippen molar-refractivity contribution in [1.82, 2.24) is 9.97 Å². The van der Waals surface area contributed by atoms with Gasteiger partial charge in [0.1, 0.15) is 17.6 Å². The van der Waals surface area contributed by atoms with Gasteiger partial charge in [-0.15, -0.1) is 0 Å². The Balaban J connectivity index is 2.13. The van der Waals surface area contributed by atoms with Gasteiger partial charge in [0.05, 0.1) is 21.6 Å². The first kappa shape index (κ1) is 15.4. The van der Waals surface area contributed by atoms with E-state index in [4.69, 9.17) is 23.2 Å². The van der Waals surface area contributed by atoms with Crippen LogP contribution in [0.15, 0.2) is 30.3 Å². The molecule has 2 N–H and O–H groups in total. The summed E-state index contributed by atoms with van der Waals surface area (Å²) in [5, 5.41) is 19.9. The molecule has 6 heteroatoms. The molecule has 0 atom stereocenters. The van der Waals surface area contributed by atoms with Crippen molar-refractivity contribution >= 4 is 45.9 Å². The van der Waals surface area contributed by atoms with E-state index in [9.17, 15) is 10.4 Å². The number of allylic oxidation sites excluding steroid dienone is 1. The number of phenolic OH excluding ortho intramolecular Hbond substituents is 1. The van der Waals surface area contributed by atoms with Crippen LogP contribution in [0, 0.1) is 18.3 Å². The number of hydrogen-bond donors (Lipinski definition) is 2. The van der Waals surface area contributed by atoms with Crippen LogP contribution in [0.2, 0.25) is 10.0 Å². The summed E-state index contributed by atoms with van der Waals surface area (Å²) in [6.45, 7) is 1.98. The average Bonchev–Trinajstić information content (AvgIpc) is 2.92. The number of imidazole rings is 1. The Labute approximate surface area is 142 Å². The van der Waals surface area contributed by atoms with Crippen LogP contribution < -0.4 is 0 Å². The maximum Gasteiger partial charge on any atom is 0.149 e. The van der Waals surface area contributed by atoms with Crippen molar-refractivity contribution in [3.05, 3.63) is 57.3 Å². The third-order valence-corrected chi connectivity index (χ3v) is 3.88. The Morgan fingerprint density at radius 3 is 2.83 bits per heavy atom. The number of aromatic hydroxyl groups is 1. The molecule has 0 saturated heterocycles. The molecule has 0 spiro atoms. The van der Waals surface area contributed by atoms with E-state index in [1.54, 1.807) is 0 Å². The Morgan fingerprint density at radius 2 is 2.09 bits per heavy atom. The molecule has 23 heavy (non-hydrogen) atoms. The molecule has 0 amide bonds. The lowest BCUT2D eigenvalue weighted by Crippen LogP contribution is -1.86. The Kier molecular flexibility index (Phi) is 3.99. The monoisotopic (exact) mass is 343 g/mol. The van der Waals surface area contributed by atoms with E-state index < -0.39 is 0 Å². The highest BCUT2D eigenvalue weighted by Gasteiger charge is 2.11. The Bertz CT molecular complexity index is 983. The topological polar surface area (TPSA) is 72.7 Å². The Hall–Kier alpha value is -2.48.